The Hall–Kier alpha value is -1.88. The smallest absolute Gasteiger partial charge is 0.228 e. The lowest BCUT2D eigenvalue weighted by molar-refractivity contribution is -0.137. The highest BCUT2D eigenvalue weighted by Crippen LogP contribution is 2.17. The molecule has 1 aromatic carbocycles. The average molecular weight is 304 g/mol. The van der Waals surface area contributed by atoms with Crippen molar-refractivity contribution in [3.63, 3.8) is 0 Å². The maximum Gasteiger partial charge on any atom is 0.228 e. The number of rotatable bonds is 6. The van der Waals surface area contributed by atoms with Gasteiger partial charge in [-0.05, 0) is 32.4 Å². The van der Waals surface area contributed by atoms with Crippen molar-refractivity contribution in [2.24, 2.45) is 5.92 Å². The molecule has 1 aliphatic heterocycles. The highest BCUT2D eigenvalue weighted by molar-refractivity contribution is 5.91. The Labute approximate surface area is 131 Å². The van der Waals surface area contributed by atoms with Crippen molar-refractivity contribution in [1.29, 1.82) is 0 Å². The van der Waals surface area contributed by atoms with Crippen LogP contribution in [0.2, 0.25) is 0 Å². The number of benzene rings is 1. The summed E-state index contributed by atoms with van der Waals surface area (Å²) in [5.74, 6) is -0.0353. The Balaban J connectivity index is 1.86. The van der Waals surface area contributed by atoms with Gasteiger partial charge in [-0.3, -0.25) is 9.59 Å². The van der Waals surface area contributed by atoms with Crippen LogP contribution in [0, 0.1) is 5.92 Å². The Bertz CT molecular complexity index is 496. The van der Waals surface area contributed by atoms with Crippen molar-refractivity contribution in [3.8, 4) is 0 Å². The second-order valence-electron chi connectivity index (χ2n) is 5.85. The number of nitrogens with one attached hydrogen (secondary N) is 1. The van der Waals surface area contributed by atoms with Crippen LogP contribution in [0.25, 0.3) is 0 Å². The summed E-state index contributed by atoms with van der Waals surface area (Å²) in [6.45, 7) is 5.53. The summed E-state index contributed by atoms with van der Waals surface area (Å²) < 4.78 is 5.29. The van der Waals surface area contributed by atoms with E-state index in [1.54, 1.807) is 4.90 Å². The Morgan fingerprint density at radius 3 is 2.64 bits per heavy atom. The van der Waals surface area contributed by atoms with E-state index in [2.05, 4.69) is 5.32 Å². The minimum Gasteiger partial charge on any atom is -0.381 e. The summed E-state index contributed by atoms with van der Waals surface area (Å²) in [5.41, 5.74) is 0.777. The van der Waals surface area contributed by atoms with Gasteiger partial charge in [0.15, 0.2) is 0 Å². The number of carbonyl (C=O) groups excluding carboxylic acids is 2. The van der Waals surface area contributed by atoms with E-state index in [0.717, 1.165) is 12.1 Å². The van der Waals surface area contributed by atoms with Crippen LogP contribution >= 0.6 is 0 Å². The Morgan fingerprint density at radius 2 is 2.05 bits per heavy atom. The first-order chi connectivity index (χ1) is 10.6. The molecule has 0 saturated carbocycles. The average Bonchev–Trinajstić information content (AvgIpc) is 3.02. The standard InChI is InChI=1S/C17H24N2O3/c1-13(2)19(17(21)14-9-11-22-12-14)10-8-16(20)18-15-6-4-3-5-7-15/h3-7,13-14H,8-12H2,1-2H3,(H,18,20). The molecule has 0 radical (unpaired) electrons. The van der Waals surface area contributed by atoms with Crippen LogP contribution in [0.4, 0.5) is 5.69 Å². The number of hydrogen-bond acceptors (Lipinski definition) is 3. The number of carbonyl (C=O) groups is 2. The van der Waals surface area contributed by atoms with Gasteiger partial charge in [0.05, 0.1) is 12.5 Å². The van der Waals surface area contributed by atoms with Gasteiger partial charge >= 0.3 is 0 Å². The first-order valence-electron chi connectivity index (χ1n) is 7.81. The molecule has 0 bridgehead atoms. The number of hydrogen-bond donors (Lipinski definition) is 1. The van der Waals surface area contributed by atoms with E-state index in [0.29, 0.717) is 26.2 Å². The molecule has 0 spiro atoms. The molecule has 0 aliphatic carbocycles. The van der Waals surface area contributed by atoms with Crippen LogP contribution in [0.3, 0.4) is 0 Å². The molecule has 1 aromatic rings. The SMILES string of the molecule is CC(C)N(CCC(=O)Nc1ccccc1)C(=O)C1CCOC1. The molecule has 1 saturated heterocycles. The maximum atomic E-state index is 12.5. The molecule has 1 unspecified atom stereocenters. The van der Waals surface area contributed by atoms with E-state index in [1.807, 2.05) is 44.2 Å². The van der Waals surface area contributed by atoms with Gasteiger partial charge in [-0.15, -0.1) is 0 Å². The predicted molar refractivity (Wildman–Crippen MR) is 85.5 cm³/mol. The molecule has 5 heteroatoms. The molecule has 22 heavy (non-hydrogen) atoms. The van der Waals surface area contributed by atoms with Crippen LogP contribution in [-0.4, -0.2) is 42.5 Å². The van der Waals surface area contributed by atoms with Crippen LogP contribution in [0.5, 0.6) is 0 Å². The highest BCUT2D eigenvalue weighted by Gasteiger charge is 2.29. The van der Waals surface area contributed by atoms with Crippen molar-refractivity contribution in [3.05, 3.63) is 30.3 Å². The summed E-state index contributed by atoms with van der Waals surface area (Å²) in [7, 11) is 0. The van der Waals surface area contributed by atoms with Crippen molar-refractivity contribution in [1.82, 2.24) is 4.90 Å². The van der Waals surface area contributed by atoms with E-state index in [9.17, 15) is 9.59 Å². The maximum absolute atomic E-state index is 12.5. The molecule has 0 aromatic heterocycles. The fourth-order valence-corrected chi connectivity index (χ4v) is 2.55. The number of anilines is 1. The van der Waals surface area contributed by atoms with Crippen molar-refractivity contribution in [2.75, 3.05) is 25.1 Å². The number of ether oxygens (including phenoxy) is 1. The third-order valence-corrected chi connectivity index (χ3v) is 3.82. The van der Waals surface area contributed by atoms with Gasteiger partial charge < -0.3 is 15.0 Å². The third kappa shape index (κ3) is 4.56. The fourth-order valence-electron chi connectivity index (χ4n) is 2.55. The fraction of sp³-hybridized carbons (Fsp3) is 0.529. The second-order valence-corrected chi connectivity index (χ2v) is 5.85. The molecule has 120 valence electrons. The summed E-state index contributed by atoms with van der Waals surface area (Å²) in [6, 6.07) is 9.42. The molecule has 1 fully saturated rings. The Kier molecular flexibility index (Phi) is 5.95. The zero-order chi connectivity index (χ0) is 15.9. The van der Waals surface area contributed by atoms with Gasteiger partial charge in [-0.2, -0.15) is 0 Å². The summed E-state index contributed by atoms with van der Waals surface area (Å²) >= 11 is 0. The van der Waals surface area contributed by atoms with Gasteiger partial charge in [0.1, 0.15) is 0 Å². The lowest BCUT2D eigenvalue weighted by atomic mass is 10.1. The molecular formula is C17H24N2O3. The van der Waals surface area contributed by atoms with Crippen molar-refractivity contribution in [2.45, 2.75) is 32.7 Å². The predicted octanol–water partition coefficient (Wildman–Crippen LogP) is 2.29. The number of nitrogens with zero attached hydrogens (tertiary/aromatic N) is 1. The van der Waals surface area contributed by atoms with Crippen LogP contribution in [-0.2, 0) is 14.3 Å². The first-order valence-corrected chi connectivity index (χ1v) is 7.81. The topological polar surface area (TPSA) is 58.6 Å². The lowest BCUT2D eigenvalue weighted by Gasteiger charge is -2.28. The van der Waals surface area contributed by atoms with E-state index < -0.39 is 0 Å². The zero-order valence-corrected chi connectivity index (χ0v) is 13.2. The minimum atomic E-state index is -0.0766. The summed E-state index contributed by atoms with van der Waals surface area (Å²) in [4.78, 5) is 26.3. The summed E-state index contributed by atoms with van der Waals surface area (Å²) in [6.07, 6.45) is 1.07. The molecule has 2 rings (SSSR count). The van der Waals surface area contributed by atoms with E-state index >= 15 is 0 Å². The molecule has 2 amide bonds. The highest BCUT2D eigenvalue weighted by atomic mass is 16.5. The number of para-hydroxylation sites is 1. The first kappa shape index (κ1) is 16.5. The van der Waals surface area contributed by atoms with E-state index in [-0.39, 0.29) is 23.8 Å². The summed E-state index contributed by atoms with van der Waals surface area (Å²) in [5, 5.41) is 2.84. The molecule has 1 atom stereocenters. The van der Waals surface area contributed by atoms with E-state index in [4.69, 9.17) is 4.74 Å². The van der Waals surface area contributed by atoms with Crippen LogP contribution in [0.1, 0.15) is 26.7 Å². The molecule has 1 N–H and O–H groups in total. The zero-order valence-electron chi connectivity index (χ0n) is 13.2. The molecule has 1 aliphatic rings. The normalized spacial score (nSPS) is 17.5. The van der Waals surface area contributed by atoms with Gasteiger partial charge in [0.25, 0.3) is 0 Å². The molecular weight excluding hydrogens is 280 g/mol. The third-order valence-electron chi connectivity index (χ3n) is 3.82. The van der Waals surface area contributed by atoms with Gasteiger partial charge in [-0.1, -0.05) is 18.2 Å². The second kappa shape index (κ2) is 7.94. The Morgan fingerprint density at radius 1 is 1.32 bits per heavy atom. The largest absolute Gasteiger partial charge is 0.381 e. The van der Waals surface area contributed by atoms with Crippen LogP contribution in [0.15, 0.2) is 30.3 Å². The van der Waals surface area contributed by atoms with Gasteiger partial charge in [-0.25, -0.2) is 0 Å². The monoisotopic (exact) mass is 304 g/mol. The van der Waals surface area contributed by atoms with Gasteiger partial charge in [0.2, 0.25) is 11.8 Å². The van der Waals surface area contributed by atoms with Crippen molar-refractivity contribution >= 4 is 17.5 Å². The number of amides is 2. The molecule has 1 heterocycles. The van der Waals surface area contributed by atoms with Crippen LogP contribution < -0.4 is 5.32 Å². The quantitative estimate of drug-likeness (QED) is 0.877. The minimum absolute atomic E-state index is 0.0559. The van der Waals surface area contributed by atoms with Gasteiger partial charge in [0, 0.05) is 31.3 Å². The van der Waals surface area contributed by atoms with Crippen molar-refractivity contribution < 1.29 is 14.3 Å². The molecule has 5 nitrogen and oxygen atoms in total. The lowest BCUT2D eigenvalue weighted by Crippen LogP contribution is -2.42. The van der Waals surface area contributed by atoms with E-state index in [1.165, 1.54) is 0 Å².